The summed E-state index contributed by atoms with van der Waals surface area (Å²) in [6, 6.07) is 9.22. The summed E-state index contributed by atoms with van der Waals surface area (Å²) in [7, 11) is 0. The van der Waals surface area contributed by atoms with E-state index >= 15 is 0 Å². The Labute approximate surface area is 119 Å². The molecule has 0 aliphatic rings. The van der Waals surface area contributed by atoms with Crippen LogP contribution in [0.4, 0.5) is 26.2 Å². The molecule has 21 heavy (non-hydrogen) atoms. The van der Waals surface area contributed by atoms with Gasteiger partial charge in [-0.15, -0.1) is 0 Å². The molecule has 0 radical (unpaired) electrons. The van der Waals surface area contributed by atoms with Crippen LogP contribution in [0.25, 0.3) is 0 Å². The highest BCUT2D eigenvalue weighted by Gasteiger charge is 2.11. The van der Waals surface area contributed by atoms with Crippen LogP contribution in [0.1, 0.15) is 10.4 Å². The Balaban J connectivity index is 2.17. The van der Waals surface area contributed by atoms with E-state index in [2.05, 4.69) is 10.6 Å². The number of carbonyl (C=O) groups is 2. The molecule has 0 aromatic heterocycles. The molecule has 2 rings (SSSR count). The molecular formula is C14H13FN4O2. The van der Waals surface area contributed by atoms with Crippen molar-refractivity contribution in [1.82, 2.24) is 0 Å². The van der Waals surface area contributed by atoms with Gasteiger partial charge in [-0.25, -0.2) is 9.18 Å². The third kappa shape index (κ3) is 3.69. The van der Waals surface area contributed by atoms with Gasteiger partial charge in [0.15, 0.2) is 0 Å². The zero-order valence-electron chi connectivity index (χ0n) is 10.9. The summed E-state index contributed by atoms with van der Waals surface area (Å²) in [5.74, 6) is -1.000. The maximum atomic E-state index is 12.9. The fourth-order valence-corrected chi connectivity index (χ4v) is 1.76. The second-order valence-corrected chi connectivity index (χ2v) is 4.26. The van der Waals surface area contributed by atoms with Crippen LogP contribution in [0.5, 0.6) is 0 Å². The van der Waals surface area contributed by atoms with Crippen molar-refractivity contribution in [3.05, 3.63) is 53.8 Å². The lowest BCUT2D eigenvalue weighted by Gasteiger charge is -2.09. The Kier molecular flexibility index (Phi) is 4.03. The monoisotopic (exact) mass is 288 g/mol. The van der Waals surface area contributed by atoms with Gasteiger partial charge in [0.25, 0.3) is 5.91 Å². The Morgan fingerprint density at radius 2 is 1.67 bits per heavy atom. The van der Waals surface area contributed by atoms with Crippen molar-refractivity contribution in [3.8, 4) is 0 Å². The molecule has 0 heterocycles. The van der Waals surface area contributed by atoms with E-state index in [9.17, 15) is 14.0 Å². The van der Waals surface area contributed by atoms with E-state index in [1.807, 2.05) is 0 Å². The number of benzene rings is 2. The van der Waals surface area contributed by atoms with Gasteiger partial charge in [0.2, 0.25) is 0 Å². The molecule has 0 bridgehead atoms. The molecule has 2 aromatic carbocycles. The van der Waals surface area contributed by atoms with Crippen molar-refractivity contribution in [2.75, 3.05) is 16.4 Å². The van der Waals surface area contributed by atoms with Crippen LogP contribution in [-0.2, 0) is 0 Å². The summed E-state index contributed by atoms with van der Waals surface area (Å²) in [6.45, 7) is 0. The van der Waals surface area contributed by atoms with Crippen molar-refractivity contribution in [2.24, 2.45) is 5.73 Å². The molecule has 0 spiro atoms. The summed E-state index contributed by atoms with van der Waals surface area (Å²) in [6.07, 6.45) is 0. The number of hydrogen-bond acceptors (Lipinski definition) is 3. The SMILES string of the molecule is NC(=O)Nc1cccc(NC(=O)c2ccc(F)cc2N)c1. The Morgan fingerprint density at radius 1 is 1.00 bits per heavy atom. The molecule has 6 N–H and O–H groups in total. The van der Waals surface area contributed by atoms with Gasteiger partial charge in [0, 0.05) is 17.1 Å². The molecule has 0 aliphatic heterocycles. The fraction of sp³-hybridized carbons (Fsp3) is 0. The minimum absolute atomic E-state index is 0.0407. The van der Waals surface area contributed by atoms with E-state index in [0.29, 0.717) is 11.4 Å². The average Bonchev–Trinajstić information content (AvgIpc) is 2.37. The zero-order chi connectivity index (χ0) is 15.4. The first-order chi connectivity index (χ1) is 9.95. The number of carbonyl (C=O) groups excluding carboxylic acids is 2. The van der Waals surface area contributed by atoms with Crippen molar-refractivity contribution < 1.29 is 14.0 Å². The van der Waals surface area contributed by atoms with Gasteiger partial charge in [-0.1, -0.05) is 6.07 Å². The van der Waals surface area contributed by atoms with Crippen LogP contribution in [0, 0.1) is 5.82 Å². The lowest BCUT2D eigenvalue weighted by molar-refractivity contribution is 0.102. The van der Waals surface area contributed by atoms with E-state index < -0.39 is 17.8 Å². The van der Waals surface area contributed by atoms with E-state index in [0.717, 1.165) is 12.1 Å². The molecule has 0 saturated carbocycles. The lowest BCUT2D eigenvalue weighted by Crippen LogP contribution is -2.19. The first kappa shape index (κ1) is 14.3. The van der Waals surface area contributed by atoms with Crippen molar-refractivity contribution in [2.45, 2.75) is 0 Å². The number of urea groups is 1. The number of halogens is 1. The molecule has 7 heteroatoms. The molecular weight excluding hydrogens is 275 g/mol. The Hall–Kier alpha value is -3.09. The predicted octanol–water partition coefficient (Wildman–Crippen LogP) is 2.15. The number of primary amides is 1. The Morgan fingerprint density at radius 3 is 2.29 bits per heavy atom. The first-order valence-electron chi connectivity index (χ1n) is 5.98. The smallest absolute Gasteiger partial charge is 0.316 e. The molecule has 0 unspecified atom stereocenters. The number of nitrogens with two attached hydrogens (primary N) is 2. The number of rotatable bonds is 3. The molecule has 3 amide bonds. The highest BCUT2D eigenvalue weighted by molar-refractivity contribution is 6.08. The van der Waals surface area contributed by atoms with Gasteiger partial charge in [-0.2, -0.15) is 0 Å². The maximum absolute atomic E-state index is 12.9. The van der Waals surface area contributed by atoms with Crippen molar-refractivity contribution in [1.29, 1.82) is 0 Å². The summed E-state index contributed by atoms with van der Waals surface area (Å²) >= 11 is 0. The lowest BCUT2D eigenvalue weighted by atomic mass is 10.1. The second-order valence-electron chi connectivity index (χ2n) is 4.26. The molecule has 0 fully saturated rings. The van der Waals surface area contributed by atoms with Crippen LogP contribution >= 0.6 is 0 Å². The summed E-state index contributed by atoms with van der Waals surface area (Å²) < 4.78 is 12.9. The third-order valence-corrected chi connectivity index (χ3v) is 2.65. The fourth-order valence-electron chi connectivity index (χ4n) is 1.76. The van der Waals surface area contributed by atoms with E-state index in [4.69, 9.17) is 11.5 Å². The molecule has 0 saturated heterocycles. The normalized spacial score (nSPS) is 9.95. The average molecular weight is 288 g/mol. The summed E-state index contributed by atoms with van der Waals surface area (Å²) in [5.41, 5.74) is 11.7. The highest BCUT2D eigenvalue weighted by Crippen LogP contribution is 2.18. The minimum Gasteiger partial charge on any atom is -0.398 e. The number of anilines is 3. The zero-order valence-corrected chi connectivity index (χ0v) is 10.9. The van der Waals surface area contributed by atoms with Crippen LogP contribution in [0.3, 0.4) is 0 Å². The van der Waals surface area contributed by atoms with Crippen molar-refractivity contribution in [3.63, 3.8) is 0 Å². The van der Waals surface area contributed by atoms with Gasteiger partial charge < -0.3 is 22.1 Å². The summed E-state index contributed by atoms with van der Waals surface area (Å²) in [4.78, 5) is 22.8. The van der Waals surface area contributed by atoms with Gasteiger partial charge >= 0.3 is 6.03 Å². The minimum atomic E-state index is -0.707. The highest BCUT2D eigenvalue weighted by atomic mass is 19.1. The van der Waals surface area contributed by atoms with Gasteiger partial charge in [-0.3, -0.25) is 4.79 Å². The largest absolute Gasteiger partial charge is 0.398 e. The maximum Gasteiger partial charge on any atom is 0.316 e. The number of hydrogen-bond donors (Lipinski definition) is 4. The topological polar surface area (TPSA) is 110 Å². The molecule has 0 atom stereocenters. The quantitative estimate of drug-likeness (QED) is 0.649. The number of amides is 3. The van der Waals surface area contributed by atoms with Crippen LogP contribution in [-0.4, -0.2) is 11.9 Å². The third-order valence-electron chi connectivity index (χ3n) is 2.65. The number of nitrogen functional groups attached to an aromatic ring is 1. The van der Waals surface area contributed by atoms with Crippen LogP contribution in [0.15, 0.2) is 42.5 Å². The molecule has 6 nitrogen and oxygen atoms in total. The van der Waals surface area contributed by atoms with Gasteiger partial charge in [-0.05, 0) is 36.4 Å². The van der Waals surface area contributed by atoms with Crippen LogP contribution in [0.2, 0.25) is 0 Å². The number of nitrogens with one attached hydrogen (secondary N) is 2. The second kappa shape index (κ2) is 5.91. The van der Waals surface area contributed by atoms with E-state index in [1.165, 1.54) is 12.1 Å². The molecule has 2 aromatic rings. The predicted molar refractivity (Wildman–Crippen MR) is 78.4 cm³/mol. The first-order valence-corrected chi connectivity index (χ1v) is 5.98. The van der Waals surface area contributed by atoms with Gasteiger partial charge in [0.05, 0.1) is 5.56 Å². The standard InChI is InChI=1S/C14H13FN4O2/c15-8-4-5-11(12(16)6-8)13(20)18-9-2-1-3-10(7-9)19-14(17)21/h1-7H,16H2,(H,18,20)(H3,17,19,21). The summed E-state index contributed by atoms with van der Waals surface area (Å²) in [5, 5.41) is 4.99. The molecule has 0 aliphatic carbocycles. The van der Waals surface area contributed by atoms with E-state index in [-0.39, 0.29) is 11.3 Å². The van der Waals surface area contributed by atoms with Gasteiger partial charge in [0.1, 0.15) is 5.82 Å². The molecule has 108 valence electrons. The Bertz CT molecular complexity index is 703. The van der Waals surface area contributed by atoms with E-state index in [1.54, 1.807) is 18.2 Å². The van der Waals surface area contributed by atoms with Crippen molar-refractivity contribution >= 4 is 29.0 Å². The van der Waals surface area contributed by atoms with Crippen LogP contribution < -0.4 is 22.1 Å².